The smallest absolute Gasteiger partial charge is 0.131 e. The maximum Gasteiger partial charge on any atom is 0.131 e. The first-order valence-corrected chi connectivity index (χ1v) is 8.46. The normalized spacial score (nSPS) is 18.2. The van der Waals surface area contributed by atoms with E-state index in [0.717, 1.165) is 18.3 Å². The highest BCUT2D eigenvalue weighted by molar-refractivity contribution is 7.10. The van der Waals surface area contributed by atoms with Gasteiger partial charge in [-0.05, 0) is 36.8 Å². The molecule has 3 nitrogen and oxygen atoms in total. The van der Waals surface area contributed by atoms with E-state index in [2.05, 4.69) is 39.4 Å². The first kappa shape index (κ1) is 13.8. The number of nitrogens with one attached hydrogen (secondary N) is 1. The lowest BCUT2D eigenvalue weighted by Crippen LogP contribution is -2.30. The Kier molecular flexibility index (Phi) is 4.53. The molecule has 0 bridgehead atoms. The molecular weight excluding hydrogens is 266 g/mol. The fraction of sp³-hybridized carbons (Fsp3) is 0.562. The lowest BCUT2D eigenvalue weighted by atomic mass is 9.89. The Balaban J connectivity index is 1.71. The van der Waals surface area contributed by atoms with Crippen LogP contribution in [0, 0.1) is 5.92 Å². The molecule has 1 N–H and O–H groups in total. The van der Waals surface area contributed by atoms with Gasteiger partial charge in [-0.1, -0.05) is 25.3 Å². The molecule has 0 aromatic carbocycles. The molecule has 0 saturated heterocycles. The van der Waals surface area contributed by atoms with Gasteiger partial charge >= 0.3 is 0 Å². The molecule has 0 aliphatic heterocycles. The summed E-state index contributed by atoms with van der Waals surface area (Å²) < 4.78 is 2.12. The van der Waals surface area contributed by atoms with Crippen LogP contribution in [0.2, 0.25) is 0 Å². The second-order valence-electron chi connectivity index (χ2n) is 5.76. The Morgan fingerprint density at radius 2 is 2.25 bits per heavy atom. The van der Waals surface area contributed by atoms with E-state index in [-0.39, 0.29) is 6.04 Å². The van der Waals surface area contributed by atoms with Gasteiger partial charge in [0.25, 0.3) is 0 Å². The van der Waals surface area contributed by atoms with Crippen molar-refractivity contribution in [2.45, 2.75) is 38.1 Å². The Hall–Kier alpha value is -1.13. The van der Waals surface area contributed by atoms with Gasteiger partial charge in [0.15, 0.2) is 0 Å². The van der Waals surface area contributed by atoms with Crippen molar-refractivity contribution < 1.29 is 0 Å². The van der Waals surface area contributed by atoms with Crippen LogP contribution in [-0.2, 0) is 7.05 Å². The predicted molar refractivity (Wildman–Crippen MR) is 83.9 cm³/mol. The van der Waals surface area contributed by atoms with Crippen molar-refractivity contribution in [3.8, 4) is 0 Å². The summed E-state index contributed by atoms with van der Waals surface area (Å²) >= 11 is 1.81. The molecule has 1 atom stereocenters. The van der Waals surface area contributed by atoms with E-state index < -0.39 is 0 Å². The zero-order chi connectivity index (χ0) is 13.8. The van der Waals surface area contributed by atoms with Crippen molar-refractivity contribution in [1.29, 1.82) is 0 Å². The third kappa shape index (κ3) is 3.13. The summed E-state index contributed by atoms with van der Waals surface area (Å²) in [5.74, 6) is 1.95. The first-order valence-electron chi connectivity index (χ1n) is 7.58. The van der Waals surface area contributed by atoms with Crippen molar-refractivity contribution >= 4 is 11.3 Å². The van der Waals surface area contributed by atoms with Crippen LogP contribution in [0.5, 0.6) is 0 Å². The largest absolute Gasteiger partial charge is 0.336 e. The summed E-state index contributed by atoms with van der Waals surface area (Å²) in [5, 5.41) is 5.91. The van der Waals surface area contributed by atoms with Crippen molar-refractivity contribution in [1.82, 2.24) is 14.9 Å². The lowest BCUT2D eigenvalue weighted by Gasteiger charge is -2.25. The van der Waals surface area contributed by atoms with Crippen molar-refractivity contribution in [3.63, 3.8) is 0 Å². The molecule has 0 radical (unpaired) electrons. The molecule has 108 valence electrons. The summed E-state index contributed by atoms with van der Waals surface area (Å²) in [7, 11) is 2.07. The van der Waals surface area contributed by atoms with Gasteiger partial charge in [0.1, 0.15) is 11.9 Å². The molecule has 0 amide bonds. The van der Waals surface area contributed by atoms with E-state index in [4.69, 9.17) is 0 Å². The third-order valence-electron chi connectivity index (χ3n) is 4.28. The molecular formula is C16H23N3S. The zero-order valence-corrected chi connectivity index (χ0v) is 12.9. The van der Waals surface area contributed by atoms with E-state index in [0.29, 0.717) is 0 Å². The highest BCUT2D eigenvalue weighted by Gasteiger charge is 2.21. The molecule has 1 aliphatic carbocycles. The van der Waals surface area contributed by atoms with E-state index in [1.54, 1.807) is 0 Å². The first-order chi connectivity index (χ1) is 9.84. The van der Waals surface area contributed by atoms with Gasteiger partial charge in [-0.25, -0.2) is 4.98 Å². The van der Waals surface area contributed by atoms with Gasteiger partial charge in [-0.2, -0.15) is 0 Å². The molecule has 1 saturated carbocycles. The Labute approximate surface area is 125 Å². The molecule has 1 fully saturated rings. The monoisotopic (exact) mass is 289 g/mol. The Morgan fingerprint density at radius 1 is 1.40 bits per heavy atom. The summed E-state index contributed by atoms with van der Waals surface area (Å²) in [4.78, 5) is 5.90. The molecule has 1 unspecified atom stereocenters. The fourth-order valence-electron chi connectivity index (χ4n) is 3.11. The van der Waals surface area contributed by atoms with E-state index in [9.17, 15) is 0 Å². The predicted octanol–water partition coefficient (Wildman–Crippen LogP) is 3.74. The van der Waals surface area contributed by atoms with E-state index in [1.165, 1.54) is 37.0 Å². The number of hydrogen-bond acceptors (Lipinski definition) is 3. The molecule has 0 spiro atoms. The van der Waals surface area contributed by atoms with Gasteiger partial charge in [0, 0.05) is 24.3 Å². The van der Waals surface area contributed by atoms with Crippen LogP contribution in [0.15, 0.2) is 29.9 Å². The number of aromatic nitrogens is 2. The van der Waals surface area contributed by atoms with Gasteiger partial charge in [0.05, 0.1) is 0 Å². The van der Waals surface area contributed by atoms with Gasteiger partial charge < -0.3 is 9.88 Å². The standard InChI is InChI=1S/C16H23N3S/c1-19-10-9-17-16(19)15(14-8-5-11-20-14)18-12-13-6-3-2-4-7-13/h5,8-11,13,15,18H,2-4,6-7,12H2,1H3. The van der Waals surface area contributed by atoms with Crippen LogP contribution in [0.1, 0.15) is 48.8 Å². The topological polar surface area (TPSA) is 29.9 Å². The molecule has 4 heteroatoms. The molecule has 1 aliphatic rings. The second-order valence-corrected chi connectivity index (χ2v) is 6.74. The Morgan fingerprint density at radius 3 is 2.90 bits per heavy atom. The highest BCUT2D eigenvalue weighted by atomic mass is 32.1. The molecule has 2 heterocycles. The maximum absolute atomic E-state index is 4.54. The van der Waals surface area contributed by atoms with E-state index >= 15 is 0 Å². The minimum atomic E-state index is 0.233. The van der Waals surface area contributed by atoms with Gasteiger partial charge in [-0.15, -0.1) is 11.3 Å². The average Bonchev–Trinajstić information content (AvgIpc) is 3.13. The van der Waals surface area contributed by atoms with Gasteiger partial charge in [0.2, 0.25) is 0 Å². The quantitative estimate of drug-likeness (QED) is 0.908. The second kappa shape index (κ2) is 6.55. The van der Waals surface area contributed by atoms with Gasteiger partial charge in [-0.3, -0.25) is 0 Å². The number of aryl methyl sites for hydroxylation is 1. The summed E-state index contributed by atoms with van der Waals surface area (Å²) in [6, 6.07) is 4.56. The van der Waals surface area contributed by atoms with E-state index in [1.807, 2.05) is 23.7 Å². The van der Waals surface area contributed by atoms with Crippen LogP contribution < -0.4 is 5.32 Å². The van der Waals surface area contributed by atoms with Crippen LogP contribution in [-0.4, -0.2) is 16.1 Å². The van der Waals surface area contributed by atoms with Crippen molar-refractivity contribution in [2.75, 3.05) is 6.54 Å². The molecule has 3 rings (SSSR count). The van der Waals surface area contributed by atoms with Crippen LogP contribution in [0.25, 0.3) is 0 Å². The SMILES string of the molecule is Cn1ccnc1C(NCC1CCCCC1)c1cccs1. The van der Waals surface area contributed by atoms with Crippen LogP contribution >= 0.6 is 11.3 Å². The van der Waals surface area contributed by atoms with Crippen molar-refractivity contribution in [3.05, 3.63) is 40.6 Å². The number of nitrogens with zero attached hydrogens (tertiary/aromatic N) is 2. The number of imidazole rings is 1. The third-order valence-corrected chi connectivity index (χ3v) is 5.22. The van der Waals surface area contributed by atoms with Crippen molar-refractivity contribution in [2.24, 2.45) is 13.0 Å². The summed E-state index contributed by atoms with van der Waals surface area (Å²) in [5.41, 5.74) is 0. The van der Waals surface area contributed by atoms with Crippen LogP contribution in [0.4, 0.5) is 0 Å². The number of hydrogen-bond donors (Lipinski definition) is 1. The maximum atomic E-state index is 4.54. The molecule has 20 heavy (non-hydrogen) atoms. The minimum Gasteiger partial charge on any atom is -0.336 e. The Bertz CT molecular complexity index is 512. The van der Waals surface area contributed by atoms with Crippen LogP contribution in [0.3, 0.4) is 0 Å². The average molecular weight is 289 g/mol. The summed E-state index contributed by atoms with van der Waals surface area (Å²) in [6.07, 6.45) is 10.9. The lowest BCUT2D eigenvalue weighted by molar-refractivity contribution is 0.333. The highest BCUT2D eigenvalue weighted by Crippen LogP contribution is 2.27. The molecule has 2 aromatic heterocycles. The summed E-state index contributed by atoms with van der Waals surface area (Å²) in [6.45, 7) is 1.11. The molecule has 2 aromatic rings. The zero-order valence-electron chi connectivity index (χ0n) is 12.1. The fourth-order valence-corrected chi connectivity index (χ4v) is 3.90. The number of rotatable bonds is 5. The number of thiophene rings is 1. The minimum absolute atomic E-state index is 0.233.